The Hall–Kier alpha value is -1.56. The Balaban J connectivity index is 2.15. The normalized spacial score (nSPS) is 24.1. The van der Waals surface area contributed by atoms with Crippen LogP contribution in [0.15, 0.2) is 18.2 Å². The monoisotopic (exact) mass is 204 g/mol. The smallest absolute Gasteiger partial charge is 0.143 e. The molecular weight excluding hydrogens is 191 g/mol. The molecule has 0 aliphatic heterocycles. The average molecular weight is 204 g/mol. The van der Waals surface area contributed by atoms with E-state index in [1.807, 2.05) is 6.07 Å². The third kappa shape index (κ3) is 1.94. The van der Waals surface area contributed by atoms with Gasteiger partial charge in [0.1, 0.15) is 17.4 Å². The summed E-state index contributed by atoms with van der Waals surface area (Å²) in [6, 6.07) is 6.98. The van der Waals surface area contributed by atoms with Crippen LogP contribution in [-0.4, -0.2) is 6.04 Å². The summed E-state index contributed by atoms with van der Waals surface area (Å²) in [6.07, 6.45) is 2.20. The van der Waals surface area contributed by atoms with E-state index in [9.17, 15) is 4.39 Å². The van der Waals surface area contributed by atoms with Gasteiger partial charge in [-0.05, 0) is 30.9 Å². The van der Waals surface area contributed by atoms with Gasteiger partial charge >= 0.3 is 0 Å². The zero-order chi connectivity index (χ0) is 10.8. The molecule has 1 aliphatic rings. The molecule has 0 amide bonds. The molecule has 2 rings (SSSR count). The molecule has 0 radical (unpaired) electrons. The molecule has 2 nitrogen and oxygen atoms in total. The van der Waals surface area contributed by atoms with E-state index < -0.39 is 5.82 Å². The summed E-state index contributed by atoms with van der Waals surface area (Å²) in [5, 5.41) is 12.0. The molecule has 1 saturated carbocycles. The molecule has 0 atom stereocenters. The molecule has 1 N–H and O–H groups in total. The lowest BCUT2D eigenvalue weighted by molar-refractivity contribution is 0.309. The van der Waals surface area contributed by atoms with Crippen molar-refractivity contribution >= 4 is 5.69 Å². The molecule has 1 aromatic carbocycles. The number of halogens is 1. The lowest BCUT2D eigenvalue weighted by Crippen LogP contribution is -2.34. The molecule has 78 valence electrons. The summed E-state index contributed by atoms with van der Waals surface area (Å²) >= 11 is 0. The number of nitrogens with one attached hydrogen (secondary N) is 1. The first kappa shape index (κ1) is 9.97. The third-order valence-corrected chi connectivity index (χ3v) is 2.86. The highest BCUT2D eigenvalue weighted by molar-refractivity contribution is 5.58. The molecule has 0 bridgehead atoms. The Morgan fingerprint density at radius 1 is 1.47 bits per heavy atom. The minimum absolute atomic E-state index is 0.122. The second kappa shape index (κ2) is 3.90. The maximum absolute atomic E-state index is 13.2. The topological polar surface area (TPSA) is 35.8 Å². The molecule has 1 aliphatic carbocycles. The number of hydrogen-bond donors (Lipinski definition) is 1. The van der Waals surface area contributed by atoms with Gasteiger partial charge in [-0.15, -0.1) is 0 Å². The molecule has 0 heterocycles. The Labute approximate surface area is 88.7 Å². The summed E-state index contributed by atoms with van der Waals surface area (Å²) in [7, 11) is 0. The van der Waals surface area contributed by atoms with Gasteiger partial charge in [0.2, 0.25) is 0 Å². The highest BCUT2D eigenvalue weighted by atomic mass is 19.1. The minimum Gasteiger partial charge on any atom is -0.381 e. The molecule has 15 heavy (non-hydrogen) atoms. The van der Waals surface area contributed by atoms with Crippen molar-refractivity contribution in [1.29, 1.82) is 5.26 Å². The molecule has 1 aromatic rings. The SMILES string of the molecule is CC1CC(Nc2cccc(F)c2C#N)C1. The number of anilines is 1. The van der Waals surface area contributed by atoms with E-state index in [0.717, 1.165) is 18.8 Å². The zero-order valence-corrected chi connectivity index (χ0v) is 8.63. The first-order chi connectivity index (χ1) is 7.20. The van der Waals surface area contributed by atoms with Crippen LogP contribution in [0, 0.1) is 23.1 Å². The van der Waals surface area contributed by atoms with Crippen molar-refractivity contribution in [2.45, 2.75) is 25.8 Å². The van der Waals surface area contributed by atoms with Crippen LogP contribution < -0.4 is 5.32 Å². The first-order valence-electron chi connectivity index (χ1n) is 5.16. The van der Waals surface area contributed by atoms with Crippen molar-refractivity contribution in [3.05, 3.63) is 29.6 Å². The molecule has 0 aromatic heterocycles. The largest absolute Gasteiger partial charge is 0.381 e. The van der Waals surface area contributed by atoms with Gasteiger partial charge < -0.3 is 5.32 Å². The lowest BCUT2D eigenvalue weighted by Gasteiger charge is -2.34. The van der Waals surface area contributed by atoms with E-state index in [-0.39, 0.29) is 5.56 Å². The maximum atomic E-state index is 13.2. The third-order valence-electron chi connectivity index (χ3n) is 2.86. The van der Waals surface area contributed by atoms with Gasteiger partial charge in [-0.25, -0.2) is 4.39 Å². The first-order valence-corrected chi connectivity index (χ1v) is 5.16. The van der Waals surface area contributed by atoms with Crippen LogP contribution in [0.4, 0.5) is 10.1 Å². The van der Waals surface area contributed by atoms with Crippen LogP contribution in [0.2, 0.25) is 0 Å². The summed E-state index contributed by atoms with van der Waals surface area (Å²) < 4.78 is 13.2. The van der Waals surface area contributed by atoms with E-state index in [1.54, 1.807) is 12.1 Å². The number of hydrogen-bond acceptors (Lipinski definition) is 2. The van der Waals surface area contributed by atoms with Gasteiger partial charge in [-0.3, -0.25) is 0 Å². The second-order valence-electron chi connectivity index (χ2n) is 4.19. The standard InChI is InChI=1S/C12H13FN2/c1-8-5-9(6-8)15-12-4-2-3-11(13)10(12)7-14/h2-4,8-9,15H,5-6H2,1H3. The van der Waals surface area contributed by atoms with Crippen molar-refractivity contribution < 1.29 is 4.39 Å². The quantitative estimate of drug-likeness (QED) is 0.804. The van der Waals surface area contributed by atoms with Crippen LogP contribution >= 0.6 is 0 Å². The summed E-state index contributed by atoms with van der Waals surface area (Å²) in [5.74, 6) is 0.288. The zero-order valence-electron chi connectivity index (χ0n) is 8.63. The minimum atomic E-state index is -0.449. The predicted molar refractivity (Wildman–Crippen MR) is 56.9 cm³/mol. The van der Waals surface area contributed by atoms with E-state index in [1.165, 1.54) is 6.07 Å². The highest BCUT2D eigenvalue weighted by Crippen LogP contribution is 2.30. The summed E-state index contributed by atoms with van der Waals surface area (Å²) in [6.45, 7) is 2.19. The van der Waals surface area contributed by atoms with E-state index >= 15 is 0 Å². The predicted octanol–water partition coefficient (Wildman–Crippen LogP) is 2.91. The number of benzene rings is 1. The van der Waals surface area contributed by atoms with Crippen molar-refractivity contribution in [1.82, 2.24) is 0 Å². The Kier molecular flexibility index (Phi) is 2.59. The van der Waals surface area contributed by atoms with Gasteiger partial charge in [0.25, 0.3) is 0 Å². The Bertz CT molecular complexity index is 403. The fourth-order valence-corrected chi connectivity index (χ4v) is 2.00. The van der Waals surface area contributed by atoms with Crippen molar-refractivity contribution in [3.8, 4) is 6.07 Å². The number of nitriles is 1. The second-order valence-corrected chi connectivity index (χ2v) is 4.19. The Morgan fingerprint density at radius 2 is 2.20 bits per heavy atom. The fourth-order valence-electron chi connectivity index (χ4n) is 2.00. The van der Waals surface area contributed by atoms with E-state index in [0.29, 0.717) is 11.7 Å². The lowest BCUT2D eigenvalue weighted by atomic mass is 9.81. The molecular formula is C12H13FN2. The summed E-state index contributed by atoms with van der Waals surface area (Å²) in [4.78, 5) is 0. The van der Waals surface area contributed by atoms with Gasteiger partial charge in [0.15, 0.2) is 0 Å². The molecule has 0 saturated heterocycles. The van der Waals surface area contributed by atoms with Crippen molar-refractivity contribution in [2.75, 3.05) is 5.32 Å². The molecule has 1 fully saturated rings. The van der Waals surface area contributed by atoms with Crippen LogP contribution in [0.5, 0.6) is 0 Å². The van der Waals surface area contributed by atoms with Crippen molar-refractivity contribution in [2.24, 2.45) is 5.92 Å². The van der Waals surface area contributed by atoms with E-state index in [4.69, 9.17) is 5.26 Å². The molecule has 0 spiro atoms. The molecule has 0 unspecified atom stereocenters. The Morgan fingerprint density at radius 3 is 2.80 bits per heavy atom. The van der Waals surface area contributed by atoms with Gasteiger partial charge in [-0.1, -0.05) is 13.0 Å². The number of nitrogens with zero attached hydrogens (tertiary/aromatic N) is 1. The van der Waals surface area contributed by atoms with Gasteiger partial charge in [0, 0.05) is 6.04 Å². The van der Waals surface area contributed by atoms with Crippen LogP contribution in [0.25, 0.3) is 0 Å². The van der Waals surface area contributed by atoms with E-state index in [2.05, 4.69) is 12.2 Å². The average Bonchev–Trinajstić information content (AvgIpc) is 2.16. The van der Waals surface area contributed by atoms with Crippen LogP contribution in [0.3, 0.4) is 0 Å². The van der Waals surface area contributed by atoms with Crippen molar-refractivity contribution in [3.63, 3.8) is 0 Å². The van der Waals surface area contributed by atoms with Crippen LogP contribution in [0.1, 0.15) is 25.3 Å². The van der Waals surface area contributed by atoms with Gasteiger partial charge in [0.05, 0.1) is 5.69 Å². The summed E-state index contributed by atoms with van der Waals surface area (Å²) in [5.41, 5.74) is 0.742. The highest BCUT2D eigenvalue weighted by Gasteiger charge is 2.25. The molecule has 3 heteroatoms. The fraction of sp³-hybridized carbons (Fsp3) is 0.417. The van der Waals surface area contributed by atoms with Gasteiger partial charge in [-0.2, -0.15) is 5.26 Å². The maximum Gasteiger partial charge on any atom is 0.143 e. The number of rotatable bonds is 2. The van der Waals surface area contributed by atoms with Crippen LogP contribution in [-0.2, 0) is 0 Å².